The van der Waals surface area contributed by atoms with Crippen LogP contribution in [0, 0.1) is 0 Å². The first-order valence-corrected chi connectivity index (χ1v) is 9.42. The minimum absolute atomic E-state index is 0.100. The van der Waals surface area contributed by atoms with Gasteiger partial charge in [-0.15, -0.1) is 0 Å². The zero-order valence-corrected chi connectivity index (χ0v) is 15.9. The number of carbonyl (C=O) groups excluding carboxylic acids is 1. The normalized spacial score (nSPS) is 11.3. The smallest absolute Gasteiger partial charge is 0.226 e. The number of aromatic nitrogens is 2. The van der Waals surface area contributed by atoms with Crippen LogP contribution in [0.15, 0.2) is 71.4 Å². The molecule has 1 amide bonds. The number of nitrogens with zero attached hydrogens (tertiary/aromatic N) is 2. The van der Waals surface area contributed by atoms with Crippen molar-refractivity contribution >= 4 is 44.6 Å². The number of methoxy groups -OCH3 is 1. The number of imidazole rings is 1. The number of rotatable bonds is 5. The van der Waals surface area contributed by atoms with Crippen molar-refractivity contribution in [1.29, 1.82) is 0 Å². The summed E-state index contributed by atoms with van der Waals surface area (Å²) in [6.07, 6.45) is 2.08. The number of hydrogen-bond donors (Lipinski definition) is 1. The fourth-order valence-corrected chi connectivity index (χ4v) is 3.64. The Morgan fingerprint density at radius 1 is 1.07 bits per heavy atom. The molecular weight excluding hydrogens is 366 g/mol. The first-order chi connectivity index (χ1) is 14.2. The highest BCUT2D eigenvalue weighted by atomic mass is 16.5. The molecule has 0 fully saturated rings. The van der Waals surface area contributed by atoms with Gasteiger partial charge in [-0.3, -0.25) is 4.79 Å². The predicted molar refractivity (Wildman–Crippen MR) is 113 cm³/mol. The van der Waals surface area contributed by atoms with Crippen molar-refractivity contribution in [2.75, 3.05) is 12.4 Å². The van der Waals surface area contributed by atoms with Gasteiger partial charge in [-0.05, 0) is 24.3 Å². The first-order valence-electron chi connectivity index (χ1n) is 9.42. The van der Waals surface area contributed by atoms with Crippen LogP contribution in [0.1, 0.15) is 6.42 Å². The number of hydrogen-bond acceptors (Lipinski definition) is 4. The van der Waals surface area contributed by atoms with Crippen LogP contribution in [0.25, 0.3) is 33.0 Å². The molecule has 0 aliphatic rings. The summed E-state index contributed by atoms with van der Waals surface area (Å²) in [5, 5.41) is 4.93. The standard InChI is InChI=1S/C23H19N3O3/c1-28-22-12-16-15-6-2-5-9-20(15)29-21(16)13-18(22)25-23(27)10-11-26-14-24-17-7-3-4-8-19(17)26/h2-9,12-14H,10-11H2,1H3,(H,25,27). The van der Waals surface area contributed by atoms with Crippen LogP contribution in [0.5, 0.6) is 5.75 Å². The molecule has 0 aliphatic carbocycles. The molecule has 144 valence electrons. The van der Waals surface area contributed by atoms with Crippen LogP contribution in [0.2, 0.25) is 0 Å². The SMILES string of the molecule is COc1cc2c(cc1NC(=O)CCn1cnc3ccccc31)oc1ccccc12. The third kappa shape index (κ3) is 3.08. The second-order valence-corrected chi connectivity index (χ2v) is 6.87. The summed E-state index contributed by atoms with van der Waals surface area (Å²) in [6, 6.07) is 19.4. The Hall–Kier alpha value is -3.80. The van der Waals surface area contributed by atoms with Gasteiger partial charge in [-0.1, -0.05) is 30.3 Å². The van der Waals surface area contributed by atoms with Crippen molar-refractivity contribution in [2.24, 2.45) is 0 Å². The number of nitrogens with one attached hydrogen (secondary N) is 1. The third-order valence-corrected chi connectivity index (χ3v) is 5.08. The lowest BCUT2D eigenvalue weighted by atomic mass is 10.1. The van der Waals surface area contributed by atoms with Gasteiger partial charge >= 0.3 is 0 Å². The Morgan fingerprint density at radius 2 is 1.90 bits per heavy atom. The van der Waals surface area contributed by atoms with Gasteiger partial charge < -0.3 is 19.0 Å². The Morgan fingerprint density at radius 3 is 2.79 bits per heavy atom. The van der Waals surface area contributed by atoms with Crippen molar-refractivity contribution < 1.29 is 13.9 Å². The zero-order valence-electron chi connectivity index (χ0n) is 15.9. The molecule has 0 aliphatic heterocycles. The fourth-order valence-electron chi connectivity index (χ4n) is 3.64. The summed E-state index contributed by atoms with van der Waals surface area (Å²) in [5.41, 5.74) is 4.05. The number of amides is 1. The topological polar surface area (TPSA) is 69.3 Å². The monoisotopic (exact) mass is 385 g/mol. The van der Waals surface area contributed by atoms with Crippen molar-refractivity contribution in [3.8, 4) is 5.75 Å². The lowest BCUT2D eigenvalue weighted by Gasteiger charge is -2.11. The van der Waals surface area contributed by atoms with E-state index < -0.39 is 0 Å². The number of anilines is 1. The average molecular weight is 385 g/mol. The largest absolute Gasteiger partial charge is 0.495 e. The van der Waals surface area contributed by atoms with Gasteiger partial charge in [0.25, 0.3) is 0 Å². The molecule has 6 heteroatoms. The lowest BCUT2D eigenvalue weighted by Crippen LogP contribution is -2.14. The number of furan rings is 1. The summed E-state index contributed by atoms with van der Waals surface area (Å²) >= 11 is 0. The van der Waals surface area contributed by atoms with Gasteiger partial charge in [0.1, 0.15) is 16.9 Å². The maximum Gasteiger partial charge on any atom is 0.226 e. The van der Waals surface area contributed by atoms with Gasteiger partial charge in [0, 0.05) is 29.8 Å². The van der Waals surface area contributed by atoms with E-state index in [1.807, 2.05) is 65.2 Å². The van der Waals surface area contributed by atoms with Crippen LogP contribution in [0.3, 0.4) is 0 Å². The molecule has 0 unspecified atom stereocenters. The van der Waals surface area contributed by atoms with Gasteiger partial charge in [0.15, 0.2) is 0 Å². The zero-order chi connectivity index (χ0) is 19.8. The van der Waals surface area contributed by atoms with Crippen LogP contribution in [-0.2, 0) is 11.3 Å². The van der Waals surface area contributed by atoms with Gasteiger partial charge in [0.05, 0.1) is 30.2 Å². The molecule has 5 rings (SSSR count). The third-order valence-electron chi connectivity index (χ3n) is 5.08. The molecule has 0 saturated heterocycles. The molecule has 0 radical (unpaired) electrons. The lowest BCUT2D eigenvalue weighted by molar-refractivity contribution is -0.116. The van der Waals surface area contributed by atoms with Crippen molar-refractivity contribution in [3.05, 3.63) is 67.0 Å². The van der Waals surface area contributed by atoms with E-state index in [-0.39, 0.29) is 5.91 Å². The molecule has 6 nitrogen and oxygen atoms in total. The van der Waals surface area contributed by atoms with E-state index in [4.69, 9.17) is 9.15 Å². The van der Waals surface area contributed by atoms with Crippen molar-refractivity contribution in [3.63, 3.8) is 0 Å². The molecule has 2 aromatic heterocycles. The number of ether oxygens (including phenoxy) is 1. The Labute approximate surface area is 166 Å². The maximum absolute atomic E-state index is 12.6. The Bertz CT molecular complexity index is 1350. The number of carbonyl (C=O) groups is 1. The molecule has 0 bridgehead atoms. The number of benzene rings is 3. The second kappa shape index (κ2) is 6.98. The summed E-state index contributed by atoms with van der Waals surface area (Å²) in [5.74, 6) is 0.502. The second-order valence-electron chi connectivity index (χ2n) is 6.87. The predicted octanol–water partition coefficient (Wildman–Crippen LogP) is 4.97. The number of fused-ring (bicyclic) bond motifs is 4. The van der Waals surface area contributed by atoms with E-state index in [1.165, 1.54) is 0 Å². The van der Waals surface area contributed by atoms with Crippen LogP contribution >= 0.6 is 0 Å². The fraction of sp³-hybridized carbons (Fsp3) is 0.130. The molecule has 0 atom stereocenters. The minimum Gasteiger partial charge on any atom is -0.495 e. The summed E-state index contributed by atoms with van der Waals surface area (Å²) in [4.78, 5) is 17.0. The summed E-state index contributed by atoms with van der Waals surface area (Å²) in [7, 11) is 1.59. The van der Waals surface area contributed by atoms with E-state index in [0.717, 1.165) is 27.4 Å². The van der Waals surface area contributed by atoms with Crippen molar-refractivity contribution in [2.45, 2.75) is 13.0 Å². The number of aryl methyl sites for hydroxylation is 1. The quantitative estimate of drug-likeness (QED) is 0.464. The van der Waals surface area contributed by atoms with E-state index in [1.54, 1.807) is 13.4 Å². The first kappa shape index (κ1) is 17.3. The number of para-hydroxylation sites is 3. The maximum atomic E-state index is 12.6. The van der Waals surface area contributed by atoms with Gasteiger partial charge in [-0.25, -0.2) is 4.98 Å². The Kier molecular flexibility index (Phi) is 4.17. The van der Waals surface area contributed by atoms with Crippen LogP contribution in [-0.4, -0.2) is 22.6 Å². The molecule has 0 saturated carbocycles. The molecule has 29 heavy (non-hydrogen) atoms. The molecule has 5 aromatic rings. The van der Waals surface area contributed by atoms with Gasteiger partial charge in [0.2, 0.25) is 5.91 Å². The molecular formula is C23H19N3O3. The minimum atomic E-state index is -0.100. The van der Waals surface area contributed by atoms with E-state index >= 15 is 0 Å². The molecule has 1 N–H and O–H groups in total. The summed E-state index contributed by atoms with van der Waals surface area (Å²) < 4.78 is 13.4. The van der Waals surface area contributed by atoms with E-state index in [0.29, 0.717) is 30.0 Å². The highest BCUT2D eigenvalue weighted by molar-refractivity contribution is 6.07. The van der Waals surface area contributed by atoms with E-state index in [9.17, 15) is 4.79 Å². The highest BCUT2D eigenvalue weighted by Gasteiger charge is 2.14. The van der Waals surface area contributed by atoms with Crippen LogP contribution < -0.4 is 10.1 Å². The highest BCUT2D eigenvalue weighted by Crippen LogP contribution is 2.36. The Balaban J connectivity index is 1.38. The molecule has 2 heterocycles. The average Bonchev–Trinajstić information content (AvgIpc) is 3.32. The van der Waals surface area contributed by atoms with Crippen LogP contribution in [0.4, 0.5) is 5.69 Å². The molecule has 0 spiro atoms. The van der Waals surface area contributed by atoms with Crippen molar-refractivity contribution in [1.82, 2.24) is 9.55 Å². The van der Waals surface area contributed by atoms with Gasteiger partial charge in [-0.2, -0.15) is 0 Å². The van der Waals surface area contributed by atoms with E-state index in [2.05, 4.69) is 10.3 Å². The summed E-state index contributed by atoms with van der Waals surface area (Å²) in [6.45, 7) is 0.543. The molecule has 3 aromatic carbocycles.